The fraction of sp³-hybridized carbons (Fsp3) is 0.875. The molecule has 2 saturated carbocycles. The summed E-state index contributed by atoms with van der Waals surface area (Å²) in [6.45, 7) is 0.404. The van der Waals surface area contributed by atoms with Crippen molar-refractivity contribution in [1.29, 1.82) is 0 Å². The van der Waals surface area contributed by atoms with Crippen LogP contribution in [0.15, 0.2) is 0 Å². The van der Waals surface area contributed by atoms with Gasteiger partial charge in [0.2, 0.25) is 5.91 Å². The molecule has 5 heteroatoms. The summed E-state index contributed by atoms with van der Waals surface area (Å²) in [4.78, 5) is 24.8. The Kier molecular flexibility index (Phi) is 5.88. The van der Waals surface area contributed by atoms with Gasteiger partial charge in [-0.1, -0.05) is 25.7 Å². The predicted octanol–water partition coefficient (Wildman–Crippen LogP) is 2.12. The lowest BCUT2D eigenvalue weighted by Gasteiger charge is -2.39. The first-order valence-corrected chi connectivity index (χ1v) is 8.30. The molecular weight excluding hydrogens is 266 g/mol. The number of rotatable bonds is 4. The maximum Gasteiger partial charge on any atom is 0.315 e. The summed E-state index contributed by atoms with van der Waals surface area (Å²) in [6, 6.07) is 0.190. The van der Waals surface area contributed by atoms with Gasteiger partial charge in [0, 0.05) is 33.1 Å². The minimum absolute atomic E-state index is 0.0398. The topological polar surface area (TPSA) is 61.4 Å². The maximum atomic E-state index is 11.9. The van der Waals surface area contributed by atoms with Gasteiger partial charge in [0.25, 0.3) is 0 Å². The van der Waals surface area contributed by atoms with Gasteiger partial charge >= 0.3 is 6.03 Å². The van der Waals surface area contributed by atoms with Gasteiger partial charge in [-0.3, -0.25) is 4.79 Å². The van der Waals surface area contributed by atoms with E-state index in [-0.39, 0.29) is 11.9 Å². The summed E-state index contributed by atoms with van der Waals surface area (Å²) in [6.07, 6.45) is 9.31. The molecule has 0 bridgehead atoms. The normalized spacial score (nSPS) is 28.4. The first-order chi connectivity index (χ1) is 10.1. The van der Waals surface area contributed by atoms with Crippen molar-refractivity contribution < 1.29 is 9.59 Å². The van der Waals surface area contributed by atoms with Crippen molar-refractivity contribution in [1.82, 2.24) is 15.5 Å². The standard InChI is InChI=1S/C16H29N3O2/c1-19(2)15(20)9-10-17-16(21)18-14-8-7-12-5-3-4-6-13(12)11-14/h12-14H,3-11H2,1-2H3,(H2,17,18,21)/t12-,13+,14-/m1/s1. The highest BCUT2D eigenvalue weighted by atomic mass is 16.2. The lowest BCUT2D eigenvalue weighted by atomic mass is 9.69. The Morgan fingerprint density at radius 1 is 1.05 bits per heavy atom. The van der Waals surface area contributed by atoms with Crippen LogP contribution in [0.4, 0.5) is 4.79 Å². The second kappa shape index (κ2) is 7.66. The van der Waals surface area contributed by atoms with E-state index >= 15 is 0 Å². The van der Waals surface area contributed by atoms with Crippen LogP contribution in [0, 0.1) is 11.8 Å². The Morgan fingerprint density at radius 3 is 2.48 bits per heavy atom. The summed E-state index contributed by atoms with van der Waals surface area (Å²) in [7, 11) is 3.45. The van der Waals surface area contributed by atoms with Gasteiger partial charge in [0.1, 0.15) is 0 Å². The SMILES string of the molecule is CN(C)C(=O)CCNC(=O)N[C@@H]1CC[C@H]2CCCC[C@H]2C1. The van der Waals surface area contributed by atoms with Crippen LogP contribution in [0.5, 0.6) is 0 Å². The molecule has 0 spiro atoms. The fourth-order valence-corrected chi connectivity index (χ4v) is 3.75. The van der Waals surface area contributed by atoms with Crippen LogP contribution >= 0.6 is 0 Å². The highest BCUT2D eigenvalue weighted by molar-refractivity contribution is 5.78. The van der Waals surface area contributed by atoms with Crippen molar-refractivity contribution in [2.45, 2.75) is 57.4 Å². The second-order valence-corrected chi connectivity index (χ2v) is 6.75. The van der Waals surface area contributed by atoms with Gasteiger partial charge in [0.15, 0.2) is 0 Å². The van der Waals surface area contributed by atoms with E-state index in [1.54, 1.807) is 19.0 Å². The van der Waals surface area contributed by atoms with Crippen LogP contribution in [0.25, 0.3) is 0 Å². The zero-order chi connectivity index (χ0) is 15.2. The molecule has 0 saturated heterocycles. The van der Waals surface area contributed by atoms with Gasteiger partial charge in [-0.2, -0.15) is 0 Å². The molecule has 2 aliphatic carbocycles. The van der Waals surface area contributed by atoms with Crippen molar-refractivity contribution >= 4 is 11.9 Å². The van der Waals surface area contributed by atoms with Gasteiger partial charge in [-0.05, 0) is 31.1 Å². The molecule has 0 radical (unpaired) electrons. The van der Waals surface area contributed by atoms with E-state index in [0.717, 1.165) is 24.7 Å². The molecule has 2 aliphatic rings. The van der Waals surface area contributed by atoms with Gasteiger partial charge < -0.3 is 15.5 Å². The Balaban J connectivity index is 1.65. The van der Waals surface area contributed by atoms with Crippen LogP contribution in [0.3, 0.4) is 0 Å². The Hall–Kier alpha value is -1.26. The van der Waals surface area contributed by atoms with E-state index in [2.05, 4.69) is 10.6 Å². The largest absolute Gasteiger partial charge is 0.349 e. The van der Waals surface area contributed by atoms with E-state index < -0.39 is 0 Å². The van der Waals surface area contributed by atoms with Crippen LogP contribution in [0.2, 0.25) is 0 Å². The molecule has 0 aromatic rings. The van der Waals surface area contributed by atoms with Crippen LogP contribution < -0.4 is 10.6 Å². The third-order valence-corrected chi connectivity index (χ3v) is 5.00. The Morgan fingerprint density at radius 2 is 1.76 bits per heavy atom. The molecule has 0 aliphatic heterocycles. The molecular formula is C16H29N3O2. The summed E-state index contributed by atoms with van der Waals surface area (Å²) in [5.74, 6) is 1.75. The number of nitrogens with one attached hydrogen (secondary N) is 2. The molecule has 5 nitrogen and oxygen atoms in total. The van der Waals surface area contributed by atoms with E-state index in [1.165, 1.54) is 32.1 Å². The molecule has 0 heterocycles. The minimum atomic E-state index is -0.124. The van der Waals surface area contributed by atoms with E-state index in [1.807, 2.05) is 0 Å². The predicted molar refractivity (Wildman–Crippen MR) is 82.9 cm³/mol. The number of hydrogen-bond donors (Lipinski definition) is 2. The summed E-state index contributed by atoms with van der Waals surface area (Å²) < 4.78 is 0. The summed E-state index contributed by atoms with van der Waals surface area (Å²) >= 11 is 0. The molecule has 21 heavy (non-hydrogen) atoms. The number of amides is 3. The lowest BCUT2D eigenvalue weighted by molar-refractivity contribution is -0.128. The van der Waals surface area contributed by atoms with E-state index in [4.69, 9.17) is 0 Å². The maximum absolute atomic E-state index is 11.9. The number of hydrogen-bond acceptors (Lipinski definition) is 2. The molecule has 0 aromatic heterocycles. The van der Waals surface area contributed by atoms with Crippen molar-refractivity contribution in [2.75, 3.05) is 20.6 Å². The van der Waals surface area contributed by atoms with Crippen molar-refractivity contribution in [3.63, 3.8) is 0 Å². The first-order valence-electron chi connectivity index (χ1n) is 8.30. The first kappa shape index (κ1) is 16.1. The van der Waals surface area contributed by atoms with Crippen LogP contribution in [-0.2, 0) is 4.79 Å². The zero-order valence-electron chi connectivity index (χ0n) is 13.4. The van der Waals surface area contributed by atoms with Crippen LogP contribution in [-0.4, -0.2) is 43.5 Å². The third kappa shape index (κ3) is 4.90. The minimum Gasteiger partial charge on any atom is -0.349 e. The Labute approximate surface area is 127 Å². The van der Waals surface area contributed by atoms with Crippen molar-refractivity contribution in [3.8, 4) is 0 Å². The summed E-state index contributed by atoms with van der Waals surface area (Å²) in [5.41, 5.74) is 0. The monoisotopic (exact) mass is 295 g/mol. The lowest BCUT2D eigenvalue weighted by Crippen LogP contribution is -2.46. The van der Waals surface area contributed by atoms with Gasteiger partial charge in [-0.15, -0.1) is 0 Å². The smallest absolute Gasteiger partial charge is 0.315 e. The molecule has 2 N–H and O–H groups in total. The summed E-state index contributed by atoms with van der Waals surface area (Å²) in [5, 5.41) is 5.87. The van der Waals surface area contributed by atoms with Gasteiger partial charge in [-0.25, -0.2) is 4.79 Å². The zero-order valence-corrected chi connectivity index (χ0v) is 13.4. The molecule has 0 aromatic carbocycles. The average molecular weight is 295 g/mol. The Bertz CT molecular complexity index is 371. The number of fused-ring (bicyclic) bond motifs is 1. The quantitative estimate of drug-likeness (QED) is 0.834. The highest BCUT2D eigenvalue weighted by Crippen LogP contribution is 2.40. The molecule has 3 amide bonds. The highest BCUT2D eigenvalue weighted by Gasteiger charge is 2.32. The molecule has 3 atom stereocenters. The molecule has 2 fully saturated rings. The average Bonchev–Trinajstić information content (AvgIpc) is 2.46. The van der Waals surface area contributed by atoms with Gasteiger partial charge in [0.05, 0.1) is 0 Å². The number of carbonyl (C=O) groups excluding carboxylic acids is 2. The number of carbonyl (C=O) groups is 2. The molecule has 0 unspecified atom stereocenters. The van der Waals surface area contributed by atoms with Crippen molar-refractivity contribution in [2.24, 2.45) is 11.8 Å². The third-order valence-electron chi connectivity index (χ3n) is 5.00. The number of nitrogens with zero attached hydrogens (tertiary/aromatic N) is 1. The molecule has 120 valence electrons. The van der Waals surface area contributed by atoms with Crippen molar-refractivity contribution in [3.05, 3.63) is 0 Å². The number of urea groups is 1. The van der Waals surface area contributed by atoms with E-state index in [9.17, 15) is 9.59 Å². The second-order valence-electron chi connectivity index (χ2n) is 6.75. The van der Waals surface area contributed by atoms with E-state index in [0.29, 0.717) is 19.0 Å². The fourth-order valence-electron chi connectivity index (χ4n) is 3.75. The molecule has 2 rings (SSSR count). The van der Waals surface area contributed by atoms with Crippen LogP contribution in [0.1, 0.15) is 51.4 Å².